The van der Waals surface area contributed by atoms with E-state index in [1.54, 1.807) is 0 Å². The Morgan fingerprint density at radius 2 is 1.43 bits per heavy atom. The molecule has 0 saturated heterocycles. The standard InChI is InChI=1S/CH2O3.Ba.Ca.H2O.2H/c2-1(3)4;;;;;/h(H2,2,3,4);;;1H2;;/q;2*+2;;2*-1/p-2. The molecule has 0 bridgehead atoms. The Morgan fingerprint density at radius 1 is 1.43 bits per heavy atom. The van der Waals surface area contributed by atoms with E-state index in [4.69, 9.17) is 15.0 Å². The van der Waals surface area contributed by atoms with Gasteiger partial charge < -0.3 is 23.3 Å². The molecule has 0 spiro atoms. The van der Waals surface area contributed by atoms with Crippen molar-refractivity contribution in [3.05, 3.63) is 0 Å². The number of carbonyl (C=O) groups excluding carboxylic acids is 1. The zero-order valence-corrected chi connectivity index (χ0v) is 10.3. The molecular weight excluding hydrogens is 253 g/mol. The fourth-order valence-electron chi connectivity index (χ4n) is 0. The molecule has 4 nitrogen and oxygen atoms in total. The molecule has 0 fully saturated rings. The molecule has 0 heterocycles. The van der Waals surface area contributed by atoms with Crippen molar-refractivity contribution in [3.63, 3.8) is 0 Å². The van der Waals surface area contributed by atoms with Crippen LogP contribution in [-0.2, 0) is 0 Å². The van der Waals surface area contributed by atoms with Gasteiger partial charge >= 0.3 is 86.6 Å². The predicted molar refractivity (Wildman–Crippen MR) is 22.7 cm³/mol. The third-order valence-electron chi connectivity index (χ3n) is 0. The Kier molecular flexibility index (Phi) is 51.5. The van der Waals surface area contributed by atoms with Crippen molar-refractivity contribution >= 4 is 92.8 Å². The third kappa shape index (κ3) is 69.7. The molecule has 0 rings (SSSR count). The first kappa shape index (κ1) is 23.0. The molecule has 0 saturated carbocycles. The number of hydrogen-bond acceptors (Lipinski definition) is 3. The maximum Gasteiger partial charge on any atom is 2.00 e. The van der Waals surface area contributed by atoms with Gasteiger partial charge in [-0.2, -0.15) is 0 Å². The first-order valence-electron chi connectivity index (χ1n) is 0.612. The minimum absolute atomic E-state index is 0. The van der Waals surface area contributed by atoms with Gasteiger partial charge in [0.15, 0.2) is 0 Å². The fourth-order valence-corrected chi connectivity index (χ4v) is 0. The summed E-state index contributed by atoms with van der Waals surface area (Å²) in [6, 6.07) is 0. The number of hydrogen-bond donors (Lipinski definition) is 0. The van der Waals surface area contributed by atoms with Crippen LogP contribution >= 0.6 is 0 Å². The van der Waals surface area contributed by atoms with Crippen molar-refractivity contribution in [1.29, 1.82) is 0 Å². The Bertz CT molecular complexity index is 41.5. The molecule has 0 unspecified atom stereocenters. The molecule has 0 aromatic carbocycles. The van der Waals surface area contributed by atoms with Gasteiger partial charge in [-0.3, -0.25) is 0 Å². The van der Waals surface area contributed by atoms with Crippen molar-refractivity contribution in [2.75, 3.05) is 0 Å². The summed E-state index contributed by atoms with van der Waals surface area (Å²) >= 11 is 0. The second kappa shape index (κ2) is 15.7. The van der Waals surface area contributed by atoms with E-state index in [1.165, 1.54) is 0 Å². The van der Waals surface area contributed by atoms with Crippen molar-refractivity contribution in [1.82, 2.24) is 0 Å². The van der Waals surface area contributed by atoms with Gasteiger partial charge in [0.05, 0.1) is 0 Å². The molecule has 2 N–H and O–H groups in total. The van der Waals surface area contributed by atoms with Crippen LogP contribution in [0.1, 0.15) is 2.85 Å². The van der Waals surface area contributed by atoms with Crippen LogP contribution in [0.5, 0.6) is 0 Å². The second-order valence-corrected chi connectivity index (χ2v) is 0.250. The van der Waals surface area contributed by atoms with Gasteiger partial charge in [-0.1, -0.05) is 0 Å². The largest absolute Gasteiger partial charge is 2.00 e. The molecule has 0 atom stereocenters. The van der Waals surface area contributed by atoms with E-state index in [-0.39, 0.29) is 94.9 Å². The monoisotopic (exact) mass is 258 g/mol. The summed E-state index contributed by atoms with van der Waals surface area (Å²) < 4.78 is 0. The van der Waals surface area contributed by atoms with Gasteiger partial charge in [0, 0.05) is 0 Å². The Labute approximate surface area is 114 Å². The van der Waals surface area contributed by atoms with Crippen LogP contribution in [0.15, 0.2) is 0 Å². The fraction of sp³-hybridized carbons (Fsp3) is 0. The number of rotatable bonds is 0. The van der Waals surface area contributed by atoms with Crippen LogP contribution < -0.4 is 10.2 Å². The molecule has 6 heteroatoms. The molecule has 0 aliphatic carbocycles. The molecule has 0 aromatic rings. The van der Waals surface area contributed by atoms with Crippen LogP contribution in [0, 0.1) is 0 Å². The minimum Gasteiger partial charge on any atom is -1.00 e. The predicted octanol–water partition coefficient (Wildman–Crippen LogP) is -3.81. The quantitative estimate of drug-likeness (QED) is 0.416. The molecule has 7 heavy (non-hydrogen) atoms. The molecule has 0 amide bonds. The average Bonchev–Trinajstić information content (AvgIpc) is 0.811. The second-order valence-electron chi connectivity index (χ2n) is 0.250. The van der Waals surface area contributed by atoms with Crippen LogP contribution in [-0.4, -0.2) is 98.3 Å². The Morgan fingerprint density at radius 3 is 1.43 bits per heavy atom. The van der Waals surface area contributed by atoms with Crippen molar-refractivity contribution in [2.45, 2.75) is 0 Å². The summed E-state index contributed by atoms with van der Waals surface area (Å²) in [5.74, 6) is 0. The van der Waals surface area contributed by atoms with Gasteiger partial charge in [-0.25, -0.2) is 0 Å². The maximum atomic E-state index is 8.33. The van der Waals surface area contributed by atoms with Crippen LogP contribution in [0.2, 0.25) is 0 Å². The van der Waals surface area contributed by atoms with E-state index in [1.807, 2.05) is 0 Å². The molecule has 0 aromatic heterocycles. The van der Waals surface area contributed by atoms with Crippen LogP contribution in [0.3, 0.4) is 0 Å². The van der Waals surface area contributed by atoms with E-state index in [0.717, 1.165) is 0 Å². The minimum atomic E-state index is -2.33. The maximum absolute atomic E-state index is 8.33. The summed E-state index contributed by atoms with van der Waals surface area (Å²) in [6.45, 7) is 0. The van der Waals surface area contributed by atoms with Crippen molar-refractivity contribution < 1.29 is 23.3 Å². The number of carbonyl (C=O) groups is 1. The summed E-state index contributed by atoms with van der Waals surface area (Å²) in [5, 5.41) is 16.7. The summed E-state index contributed by atoms with van der Waals surface area (Å²) in [6.07, 6.45) is -2.33. The SMILES string of the molecule is O.O=C([O-])[O-].[Ba+2].[Ca+2].[H-].[H-]. The van der Waals surface area contributed by atoms with Crippen molar-refractivity contribution in [2.24, 2.45) is 0 Å². The van der Waals surface area contributed by atoms with Gasteiger partial charge in [-0.15, -0.1) is 0 Å². The van der Waals surface area contributed by atoms with Crippen molar-refractivity contribution in [3.8, 4) is 0 Å². The van der Waals surface area contributed by atoms with E-state index < -0.39 is 6.16 Å². The molecule has 0 aliphatic rings. The summed E-state index contributed by atoms with van der Waals surface area (Å²) in [7, 11) is 0. The third-order valence-corrected chi connectivity index (χ3v) is 0. The Hall–Kier alpha value is 2.06. The molecule has 36 valence electrons. The summed E-state index contributed by atoms with van der Waals surface area (Å²) in [4.78, 5) is 8.33. The Balaban J connectivity index is -0.00000000450. The zero-order valence-electron chi connectivity index (χ0n) is 5.64. The first-order chi connectivity index (χ1) is 1.73. The van der Waals surface area contributed by atoms with E-state index in [0.29, 0.717) is 0 Å². The average molecular weight is 257 g/mol. The van der Waals surface area contributed by atoms with E-state index >= 15 is 0 Å². The van der Waals surface area contributed by atoms with Gasteiger partial charge in [0.25, 0.3) is 0 Å². The topological polar surface area (TPSA) is 94.7 Å². The smallest absolute Gasteiger partial charge is 1.00 e. The van der Waals surface area contributed by atoms with Gasteiger partial charge in [0.1, 0.15) is 0 Å². The van der Waals surface area contributed by atoms with Gasteiger partial charge in [0.2, 0.25) is 0 Å². The summed E-state index contributed by atoms with van der Waals surface area (Å²) in [5.41, 5.74) is 0. The van der Waals surface area contributed by atoms with Crippen LogP contribution in [0.25, 0.3) is 0 Å². The van der Waals surface area contributed by atoms with Crippen LogP contribution in [0.4, 0.5) is 4.79 Å². The first-order valence-corrected chi connectivity index (χ1v) is 0.612. The molecular formula is CH4BaCaO4. The van der Waals surface area contributed by atoms with Gasteiger partial charge in [-0.05, 0) is 6.16 Å². The van der Waals surface area contributed by atoms with E-state index in [9.17, 15) is 0 Å². The normalized spacial score (nSPS) is 3.43. The van der Waals surface area contributed by atoms with E-state index in [2.05, 4.69) is 0 Å². The molecule has 0 aliphatic heterocycles. The number of carboxylic acid groups (broad SMARTS) is 2. The zero-order chi connectivity index (χ0) is 3.58. The molecule has 0 radical (unpaired) electrons.